The molecule has 116 valence electrons. The van der Waals surface area contributed by atoms with Gasteiger partial charge in [0.15, 0.2) is 0 Å². The Hall–Kier alpha value is -2.67. The Kier molecular flexibility index (Phi) is 3.87. The van der Waals surface area contributed by atoms with Gasteiger partial charge in [0.1, 0.15) is 0 Å². The quantitative estimate of drug-likeness (QED) is 0.803. The Balaban J connectivity index is 1.77. The van der Waals surface area contributed by atoms with E-state index in [1.807, 2.05) is 0 Å². The second-order valence-electron chi connectivity index (χ2n) is 4.95. The van der Waals surface area contributed by atoms with Crippen molar-refractivity contribution >= 4 is 39.4 Å². The van der Waals surface area contributed by atoms with Crippen LogP contribution in [0, 0.1) is 0 Å². The highest BCUT2D eigenvalue weighted by molar-refractivity contribution is 9.10. The van der Waals surface area contributed by atoms with Gasteiger partial charge < -0.3 is 10.4 Å². The first kappa shape index (κ1) is 15.2. The fraction of sp³-hybridized carbons (Fsp3) is 0.0625. The van der Waals surface area contributed by atoms with E-state index in [0.29, 0.717) is 16.8 Å². The van der Waals surface area contributed by atoms with Crippen molar-refractivity contribution < 1.29 is 19.5 Å². The summed E-state index contributed by atoms with van der Waals surface area (Å²) < 4.78 is 0.723. The molecule has 0 bridgehead atoms. The first-order valence-electron chi connectivity index (χ1n) is 6.70. The van der Waals surface area contributed by atoms with Crippen LogP contribution in [0.2, 0.25) is 0 Å². The molecule has 0 spiro atoms. The van der Waals surface area contributed by atoms with Gasteiger partial charge in [-0.1, -0.05) is 22.0 Å². The predicted molar refractivity (Wildman–Crippen MR) is 86.5 cm³/mol. The topological polar surface area (TPSA) is 86.7 Å². The van der Waals surface area contributed by atoms with E-state index in [-0.39, 0.29) is 24.0 Å². The first-order chi connectivity index (χ1) is 11.0. The maximum Gasteiger partial charge on any atom is 0.335 e. The first-order valence-corrected chi connectivity index (χ1v) is 7.49. The van der Waals surface area contributed by atoms with Crippen LogP contribution in [0.5, 0.6) is 0 Å². The lowest BCUT2D eigenvalue weighted by Crippen LogP contribution is -2.34. The number of imide groups is 1. The fourth-order valence-corrected chi connectivity index (χ4v) is 2.70. The lowest BCUT2D eigenvalue weighted by atomic mass is 10.1. The zero-order chi connectivity index (χ0) is 16.6. The Bertz CT molecular complexity index is 835. The minimum atomic E-state index is -1.04. The highest BCUT2D eigenvalue weighted by atomic mass is 79.9. The minimum absolute atomic E-state index is 0.0347. The normalized spacial score (nSPS) is 13.2. The highest BCUT2D eigenvalue weighted by Crippen LogP contribution is 2.26. The van der Waals surface area contributed by atoms with E-state index in [9.17, 15) is 14.4 Å². The molecule has 0 saturated heterocycles. The van der Waals surface area contributed by atoms with Crippen molar-refractivity contribution in [1.29, 1.82) is 0 Å². The number of benzene rings is 2. The van der Waals surface area contributed by atoms with Crippen molar-refractivity contribution in [1.82, 2.24) is 4.90 Å². The smallest absolute Gasteiger partial charge is 0.335 e. The molecular formula is C16H11BrN2O4. The number of carboxylic acids is 1. The number of carbonyl (C=O) groups excluding carboxylic acids is 2. The molecule has 3 rings (SSSR count). The van der Waals surface area contributed by atoms with Crippen LogP contribution in [-0.4, -0.2) is 34.5 Å². The lowest BCUT2D eigenvalue weighted by molar-refractivity contribution is 0.0660. The molecule has 0 aliphatic carbocycles. The van der Waals surface area contributed by atoms with E-state index in [2.05, 4.69) is 21.2 Å². The van der Waals surface area contributed by atoms with Crippen LogP contribution in [-0.2, 0) is 0 Å². The molecule has 2 amide bonds. The SMILES string of the molecule is O=C(O)c1cccc(NCN2C(=O)c3ccc(Br)cc3C2=O)c1. The lowest BCUT2D eigenvalue weighted by Gasteiger charge is -2.15. The van der Waals surface area contributed by atoms with Crippen LogP contribution in [0.4, 0.5) is 5.69 Å². The Labute approximate surface area is 139 Å². The van der Waals surface area contributed by atoms with Gasteiger partial charge in [0, 0.05) is 10.2 Å². The van der Waals surface area contributed by atoms with Crippen molar-refractivity contribution in [2.24, 2.45) is 0 Å². The number of halogens is 1. The second kappa shape index (κ2) is 5.85. The van der Waals surface area contributed by atoms with E-state index in [0.717, 1.165) is 9.37 Å². The Morgan fingerprint density at radius 3 is 2.57 bits per heavy atom. The standard InChI is InChI=1S/C16H11BrN2O4/c17-10-4-5-12-13(7-10)15(21)19(14(12)20)8-18-11-3-1-2-9(6-11)16(22)23/h1-7,18H,8H2,(H,22,23). The number of hydrogen-bond donors (Lipinski definition) is 2. The van der Waals surface area contributed by atoms with E-state index in [4.69, 9.17) is 5.11 Å². The summed E-state index contributed by atoms with van der Waals surface area (Å²) in [5.41, 5.74) is 1.36. The summed E-state index contributed by atoms with van der Waals surface area (Å²) in [5.74, 6) is -1.80. The van der Waals surface area contributed by atoms with Gasteiger partial charge in [-0.25, -0.2) is 4.79 Å². The molecule has 2 aromatic carbocycles. The number of rotatable bonds is 4. The van der Waals surface area contributed by atoms with Crippen LogP contribution >= 0.6 is 15.9 Å². The Morgan fingerprint density at radius 2 is 1.83 bits per heavy atom. The van der Waals surface area contributed by atoms with Crippen LogP contribution < -0.4 is 5.32 Å². The maximum absolute atomic E-state index is 12.3. The fourth-order valence-electron chi connectivity index (χ4n) is 2.34. The largest absolute Gasteiger partial charge is 0.478 e. The number of nitrogens with zero attached hydrogens (tertiary/aromatic N) is 1. The summed E-state index contributed by atoms with van der Waals surface area (Å²) in [6, 6.07) is 11.1. The average Bonchev–Trinajstić information content (AvgIpc) is 2.76. The van der Waals surface area contributed by atoms with E-state index >= 15 is 0 Å². The zero-order valence-electron chi connectivity index (χ0n) is 11.7. The summed E-state index contributed by atoms with van der Waals surface area (Å²) in [5, 5.41) is 11.9. The number of nitrogens with one attached hydrogen (secondary N) is 1. The number of anilines is 1. The van der Waals surface area contributed by atoms with Crippen LogP contribution in [0.15, 0.2) is 46.9 Å². The summed E-state index contributed by atoms with van der Waals surface area (Å²) in [7, 11) is 0. The predicted octanol–water partition coefficient (Wildman–Crippen LogP) is 2.81. The van der Waals surface area contributed by atoms with Crippen molar-refractivity contribution in [3.05, 3.63) is 63.6 Å². The third kappa shape index (κ3) is 2.83. The monoisotopic (exact) mass is 374 g/mol. The number of amides is 2. The highest BCUT2D eigenvalue weighted by Gasteiger charge is 2.35. The van der Waals surface area contributed by atoms with Gasteiger partial charge in [0.2, 0.25) is 0 Å². The molecule has 1 aliphatic rings. The van der Waals surface area contributed by atoms with Gasteiger partial charge in [-0.2, -0.15) is 0 Å². The molecule has 0 unspecified atom stereocenters. The summed E-state index contributed by atoms with van der Waals surface area (Å²) in [4.78, 5) is 36.6. The number of aromatic carboxylic acids is 1. The molecule has 0 saturated carbocycles. The summed E-state index contributed by atoms with van der Waals surface area (Å²) >= 11 is 3.28. The summed E-state index contributed by atoms with van der Waals surface area (Å²) in [6.45, 7) is -0.0347. The van der Waals surface area contributed by atoms with Crippen molar-refractivity contribution in [2.75, 3.05) is 12.0 Å². The molecule has 0 atom stereocenters. The van der Waals surface area contributed by atoms with Crippen LogP contribution in [0.25, 0.3) is 0 Å². The van der Waals surface area contributed by atoms with Gasteiger partial charge in [-0.3, -0.25) is 14.5 Å². The van der Waals surface area contributed by atoms with Crippen molar-refractivity contribution in [3.63, 3.8) is 0 Å². The third-order valence-corrected chi connectivity index (χ3v) is 3.98. The minimum Gasteiger partial charge on any atom is -0.478 e. The number of carboxylic acid groups (broad SMARTS) is 1. The molecule has 6 nitrogen and oxygen atoms in total. The average molecular weight is 375 g/mol. The zero-order valence-corrected chi connectivity index (χ0v) is 13.3. The van der Waals surface area contributed by atoms with Gasteiger partial charge in [0.05, 0.1) is 23.4 Å². The molecule has 0 radical (unpaired) electrons. The van der Waals surface area contributed by atoms with Crippen molar-refractivity contribution in [3.8, 4) is 0 Å². The van der Waals surface area contributed by atoms with Crippen molar-refractivity contribution in [2.45, 2.75) is 0 Å². The van der Waals surface area contributed by atoms with Gasteiger partial charge in [-0.15, -0.1) is 0 Å². The Morgan fingerprint density at radius 1 is 1.09 bits per heavy atom. The number of carbonyl (C=O) groups is 3. The molecule has 0 aromatic heterocycles. The molecular weight excluding hydrogens is 364 g/mol. The molecule has 1 aliphatic heterocycles. The van der Waals surface area contributed by atoms with E-state index < -0.39 is 5.97 Å². The van der Waals surface area contributed by atoms with Gasteiger partial charge in [0.25, 0.3) is 11.8 Å². The van der Waals surface area contributed by atoms with E-state index in [1.54, 1.807) is 30.3 Å². The maximum atomic E-state index is 12.3. The molecule has 7 heteroatoms. The van der Waals surface area contributed by atoms with Gasteiger partial charge in [-0.05, 0) is 36.4 Å². The van der Waals surface area contributed by atoms with Crippen LogP contribution in [0.1, 0.15) is 31.1 Å². The molecule has 0 fully saturated rings. The van der Waals surface area contributed by atoms with E-state index in [1.165, 1.54) is 12.1 Å². The molecule has 2 aromatic rings. The molecule has 23 heavy (non-hydrogen) atoms. The summed E-state index contributed by atoms with van der Waals surface area (Å²) in [6.07, 6.45) is 0. The molecule has 2 N–H and O–H groups in total. The number of hydrogen-bond acceptors (Lipinski definition) is 4. The van der Waals surface area contributed by atoms with Gasteiger partial charge >= 0.3 is 5.97 Å². The second-order valence-corrected chi connectivity index (χ2v) is 5.86. The number of fused-ring (bicyclic) bond motifs is 1. The third-order valence-electron chi connectivity index (χ3n) is 3.48. The molecule has 1 heterocycles. The van der Waals surface area contributed by atoms with Crippen LogP contribution in [0.3, 0.4) is 0 Å².